The van der Waals surface area contributed by atoms with Crippen molar-refractivity contribution in [2.75, 3.05) is 5.32 Å². The van der Waals surface area contributed by atoms with E-state index in [0.717, 1.165) is 16.8 Å². The van der Waals surface area contributed by atoms with Crippen molar-refractivity contribution >= 4 is 51.6 Å². The van der Waals surface area contributed by atoms with Crippen molar-refractivity contribution in [3.63, 3.8) is 0 Å². The number of aromatic hydroxyl groups is 1. The molecule has 0 saturated heterocycles. The van der Waals surface area contributed by atoms with Gasteiger partial charge in [-0.3, -0.25) is 19.9 Å². The second kappa shape index (κ2) is 8.87. The van der Waals surface area contributed by atoms with Gasteiger partial charge in [0.25, 0.3) is 5.91 Å². The first kappa shape index (κ1) is 21.0. The number of phenolic OH excluding ortho intramolecular Hbond substituents is 1. The molecule has 0 atom stereocenters. The number of fused-ring (bicyclic) bond motifs is 1. The fraction of sp³-hybridized carbons (Fsp3) is 0. The van der Waals surface area contributed by atoms with Gasteiger partial charge in [-0.05, 0) is 35.7 Å². The summed E-state index contributed by atoms with van der Waals surface area (Å²) in [6.07, 6.45) is 1.26. The van der Waals surface area contributed by atoms with Gasteiger partial charge in [-0.1, -0.05) is 54.1 Å². The van der Waals surface area contributed by atoms with Gasteiger partial charge in [0.05, 0.1) is 10.6 Å². The van der Waals surface area contributed by atoms with E-state index in [2.05, 4.69) is 10.3 Å². The molecule has 0 aliphatic rings. The van der Waals surface area contributed by atoms with Gasteiger partial charge < -0.3 is 10.4 Å². The lowest BCUT2D eigenvalue weighted by Crippen LogP contribution is -2.11. The number of nitro groups is 1. The van der Waals surface area contributed by atoms with Gasteiger partial charge in [0.2, 0.25) is 5.75 Å². The molecule has 2 N–H and O–H groups in total. The maximum absolute atomic E-state index is 12.8. The summed E-state index contributed by atoms with van der Waals surface area (Å²) in [6.45, 7) is 0. The summed E-state index contributed by atoms with van der Waals surface area (Å²) < 4.78 is 0. The monoisotopic (exact) mass is 445 g/mol. The number of aliphatic imine (C=N–C) groups is 1. The zero-order valence-corrected chi connectivity index (χ0v) is 17.3. The summed E-state index contributed by atoms with van der Waals surface area (Å²) >= 11 is 5.90. The summed E-state index contributed by atoms with van der Waals surface area (Å²) in [5.74, 6) is -0.840. The minimum absolute atomic E-state index is 0.0924. The van der Waals surface area contributed by atoms with E-state index in [4.69, 9.17) is 11.6 Å². The number of anilines is 1. The van der Waals surface area contributed by atoms with Gasteiger partial charge in [0.15, 0.2) is 0 Å². The lowest BCUT2D eigenvalue weighted by atomic mass is 10.1. The Balaban J connectivity index is 1.59. The fourth-order valence-corrected chi connectivity index (χ4v) is 3.46. The van der Waals surface area contributed by atoms with Crippen LogP contribution in [-0.2, 0) is 0 Å². The van der Waals surface area contributed by atoms with E-state index in [-0.39, 0.29) is 16.5 Å². The first-order chi connectivity index (χ1) is 15.4. The lowest BCUT2D eigenvalue weighted by molar-refractivity contribution is -0.385. The summed E-state index contributed by atoms with van der Waals surface area (Å²) in [6, 6.07) is 22.4. The standard InChI is InChI=1S/C24H16ClN3O4/c25-18-11-17(23(29)22(13-18)28(31)32)14-26-19-8-3-7-16(12-19)24(30)27-21-10-4-6-15-5-1-2-9-20(15)21/h1-14,29H,(H,27,30). The number of carbonyl (C=O) groups is 1. The Morgan fingerprint density at radius 3 is 2.59 bits per heavy atom. The lowest BCUT2D eigenvalue weighted by Gasteiger charge is -2.09. The summed E-state index contributed by atoms with van der Waals surface area (Å²) in [7, 11) is 0. The van der Waals surface area contributed by atoms with E-state index >= 15 is 0 Å². The number of nitro benzene ring substituents is 1. The number of amides is 1. The van der Waals surface area contributed by atoms with Crippen LogP contribution < -0.4 is 5.32 Å². The zero-order valence-electron chi connectivity index (χ0n) is 16.5. The van der Waals surface area contributed by atoms with Crippen LogP contribution in [0.1, 0.15) is 15.9 Å². The van der Waals surface area contributed by atoms with Gasteiger partial charge in [0.1, 0.15) is 0 Å². The van der Waals surface area contributed by atoms with E-state index in [1.165, 1.54) is 12.3 Å². The van der Waals surface area contributed by atoms with Crippen molar-refractivity contribution in [2.24, 2.45) is 4.99 Å². The molecule has 0 radical (unpaired) electrons. The molecule has 7 nitrogen and oxygen atoms in total. The first-order valence-corrected chi connectivity index (χ1v) is 9.90. The van der Waals surface area contributed by atoms with Crippen LogP contribution in [0.4, 0.5) is 17.1 Å². The van der Waals surface area contributed by atoms with Crippen LogP contribution in [-0.4, -0.2) is 22.2 Å². The highest BCUT2D eigenvalue weighted by Gasteiger charge is 2.17. The predicted octanol–water partition coefficient (Wildman–Crippen LogP) is 6.11. The first-order valence-electron chi connectivity index (χ1n) is 9.52. The van der Waals surface area contributed by atoms with Gasteiger partial charge >= 0.3 is 5.69 Å². The smallest absolute Gasteiger partial charge is 0.312 e. The largest absolute Gasteiger partial charge is 0.502 e. The second-order valence-corrected chi connectivity index (χ2v) is 7.35. The summed E-state index contributed by atoms with van der Waals surface area (Å²) in [5, 5.41) is 26.1. The Labute approximate surface area is 187 Å². The quantitative estimate of drug-likeness (QED) is 0.219. The van der Waals surface area contributed by atoms with Crippen molar-refractivity contribution < 1.29 is 14.8 Å². The fourth-order valence-electron chi connectivity index (χ4n) is 3.24. The van der Waals surface area contributed by atoms with E-state index in [1.54, 1.807) is 24.3 Å². The molecule has 0 aromatic heterocycles. The molecule has 4 aromatic carbocycles. The molecule has 0 aliphatic heterocycles. The number of hydrogen-bond donors (Lipinski definition) is 2. The highest BCUT2D eigenvalue weighted by Crippen LogP contribution is 2.32. The number of benzene rings is 4. The maximum atomic E-state index is 12.8. The Morgan fingerprint density at radius 2 is 1.78 bits per heavy atom. The number of phenols is 1. The molecule has 0 fully saturated rings. The molecule has 8 heteroatoms. The topological polar surface area (TPSA) is 105 Å². The molecule has 32 heavy (non-hydrogen) atoms. The molecule has 4 rings (SSSR count). The Bertz CT molecular complexity index is 1380. The molecule has 0 saturated carbocycles. The maximum Gasteiger partial charge on any atom is 0.312 e. The third-order valence-electron chi connectivity index (χ3n) is 4.78. The number of hydrogen-bond acceptors (Lipinski definition) is 5. The molecular formula is C24H16ClN3O4. The molecule has 0 unspecified atom stereocenters. The molecule has 0 bridgehead atoms. The van der Waals surface area contributed by atoms with Crippen molar-refractivity contribution in [2.45, 2.75) is 0 Å². The normalized spacial score (nSPS) is 11.0. The molecule has 158 valence electrons. The number of nitrogens with zero attached hydrogens (tertiary/aromatic N) is 2. The number of nitrogens with one attached hydrogen (secondary N) is 1. The van der Waals surface area contributed by atoms with Crippen LogP contribution in [0, 0.1) is 10.1 Å². The van der Waals surface area contributed by atoms with Gasteiger partial charge in [-0.15, -0.1) is 0 Å². The van der Waals surface area contributed by atoms with Crippen LogP contribution in [0.2, 0.25) is 5.02 Å². The minimum Gasteiger partial charge on any atom is -0.502 e. The average molecular weight is 446 g/mol. The third kappa shape index (κ3) is 4.43. The van der Waals surface area contributed by atoms with Crippen molar-refractivity contribution in [1.29, 1.82) is 0 Å². The second-order valence-electron chi connectivity index (χ2n) is 6.91. The van der Waals surface area contributed by atoms with Gasteiger partial charge in [0, 0.05) is 39.5 Å². The number of carbonyl (C=O) groups excluding carboxylic acids is 1. The Morgan fingerprint density at radius 1 is 1.03 bits per heavy atom. The predicted molar refractivity (Wildman–Crippen MR) is 125 cm³/mol. The van der Waals surface area contributed by atoms with Gasteiger partial charge in [-0.25, -0.2) is 0 Å². The molecule has 0 spiro atoms. The van der Waals surface area contributed by atoms with E-state index in [9.17, 15) is 20.0 Å². The van der Waals surface area contributed by atoms with E-state index < -0.39 is 16.4 Å². The van der Waals surface area contributed by atoms with Crippen molar-refractivity contribution in [3.8, 4) is 5.75 Å². The summed E-state index contributed by atoms with van der Waals surface area (Å²) in [5.41, 5.74) is 1.08. The molecule has 4 aromatic rings. The van der Waals surface area contributed by atoms with Crippen LogP contribution in [0.3, 0.4) is 0 Å². The number of halogens is 1. The van der Waals surface area contributed by atoms with Gasteiger partial charge in [-0.2, -0.15) is 0 Å². The summed E-state index contributed by atoms with van der Waals surface area (Å²) in [4.78, 5) is 27.4. The highest BCUT2D eigenvalue weighted by atomic mass is 35.5. The zero-order chi connectivity index (χ0) is 22.7. The minimum atomic E-state index is -0.725. The Kier molecular flexibility index (Phi) is 5.83. The molecule has 0 heterocycles. The Hall–Kier alpha value is -4.23. The van der Waals surface area contributed by atoms with Crippen LogP contribution in [0.15, 0.2) is 83.9 Å². The highest BCUT2D eigenvalue weighted by molar-refractivity contribution is 6.31. The average Bonchev–Trinajstić information content (AvgIpc) is 2.79. The third-order valence-corrected chi connectivity index (χ3v) is 5.00. The number of rotatable bonds is 5. The van der Waals surface area contributed by atoms with E-state index in [0.29, 0.717) is 16.9 Å². The molecule has 0 aliphatic carbocycles. The van der Waals surface area contributed by atoms with Crippen LogP contribution in [0.5, 0.6) is 5.75 Å². The SMILES string of the molecule is O=C(Nc1cccc2ccccc12)c1cccc(N=Cc2cc(Cl)cc([N+](=O)[O-])c2O)c1. The van der Waals surface area contributed by atoms with E-state index in [1.807, 2.05) is 42.5 Å². The van der Waals surface area contributed by atoms with Crippen LogP contribution >= 0.6 is 11.6 Å². The van der Waals surface area contributed by atoms with Crippen LogP contribution in [0.25, 0.3) is 10.8 Å². The van der Waals surface area contributed by atoms with Crippen molar-refractivity contribution in [3.05, 3.63) is 105 Å². The molecule has 1 amide bonds. The van der Waals surface area contributed by atoms with Crippen molar-refractivity contribution in [1.82, 2.24) is 0 Å². The molecular weight excluding hydrogens is 430 g/mol.